The zero-order valence-electron chi connectivity index (χ0n) is 10.5. The number of hydrogen-bond donors (Lipinski definition) is 0. The smallest absolute Gasteiger partial charge is 0.395 e. The third kappa shape index (κ3) is 2.67. The molecule has 15 heavy (non-hydrogen) atoms. The van der Waals surface area contributed by atoms with E-state index in [1.165, 1.54) is 0 Å². The van der Waals surface area contributed by atoms with Crippen LogP contribution >= 0.6 is 0 Å². The Morgan fingerprint density at radius 1 is 0.800 bits per heavy atom. The van der Waals surface area contributed by atoms with E-state index in [1.807, 2.05) is 13.8 Å². The first-order valence-electron chi connectivity index (χ1n) is 4.96. The molecule has 0 aromatic heterocycles. The highest BCUT2D eigenvalue weighted by atomic mass is 29.3. The maximum atomic E-state index is 5.77. The van der Waals surface area contributed by atoms with Crippen LogP contribution in [-0.4, -0.2) is 51.4 Å². The Morgan fingerprint density at radius 2 is 1.27 bits per heavy atom. The van der Waals surface area contributed by atoms with Crippen LogP contribution in [0.1, 0.15) is 13.8 Å². The molecule has 7 heteroatoms. The lowest BCUT2D eigenvalue weighted by Gasteiger charge is -2.38. The van der Waals surface area contributed by atoms with Crippen molar-refractivity contribution in [2.24, 2.45) is 0 Å². The summed E-state index contributed by atoms with van der Waals surface area (Å²) in [6, 6.07) is 0.735. The molecule has 0 aliphatic rings. The summed E-state index contributed by atoms with van der Waals surface area (Å²) in [6.45, 7) is 4.50. The minimum Gasteiger partial charge on any atom is -0.395 e. The monoisotopic (exact) mass is 254 g/mol. The van der Waals surface area contributed by atoms with E-state index < -0.39 is 16.4 Å². The van der Waals surface area contributed by atoms with Crippen molar-refractivity contribution in [3.05, 3.63) is 0 Å². The molecule has 0 heterocycles. The van der Waals surface area contributed by atoms with Crippen LogP contribution in [0.2, 0.25) is 6.04 Å². The van der Waals surface area contributed by atoms with Gasteiger partial charge >= 0.3 is 16.4 Å². The van der Waals surface area contributed by atoms with Crippen molar-refractivity contribution in [1.82, 2.24) is 0 Å². The SMILES string of the molecule is CCO[Si](CC)(OC)[Si](OC)(OC)OC. The van der Waals surface area contributed by atoms with E-state index in [1.54, 1.807) is 28.4 Å². The summed E-state index contributed by atoms with van der Waals surface area (Å²) < 4.78 is 27.7. The summed E-state index contributed by atoms with van der Waals surface area (Å²) in [5, 5.41) is 0. The van der Waals surface area contributed by atoms with Gasteiger partial charge in [0, 0.05) is 35.0 Å². The van der Waals surface area contributed by atoms with E-state index in [9.17, 15) is 0 Å². The molecule has 0 bridgehead atoms. The van der Waals surface area contributed by atoms with Crippen molar-refractivity contribution >= 4 is 16.4 Å². The van der Waals surface area contributed by atoms with Gasteiger partial charge in [0.2, 0.25) is 0 Å². The van der Waals surface area contributed by atoms with E-state index in [0.29, 0.717) is 6.61 Å². The largest absolute Gasteiger partial charge is 0.538 e. The van der Waals surface area contributed by atoms with Crippen LogP contribution in [0.5, 0.6) is 0 Å². The van der Waals surface area contributed by atoms with Crippen LogP contribution in [-0.2, 0) is 22.1 Å². The molecule has 0 N–H and O–H groups in total. The highest BCUT2D eigenvalue weighted by Crippen LogP contribution is 2.26. The molecule has 0 rings (SSSR count). The molecule has 0 saturated heterocycles. The Kier molecular flexibility index (Phi) is 6.84. The van der Waals surface area contributed by atoms with Gasteiger partial charge in [0.1, 0.15) is 0 Å². The second kappa shape index (κ2) is 6.74. The third-order valence-electron chi connectivity index (χ3n) is 2.45. The van der Waals surface area contributed by atoms with Crippen molar-refractivity contribution in [3.8, 4) is 0 Å². The highest BCUT2D eigenvalue weighted by molar-refractivity contribution is 7.29. The average Bonchev–Trinajstić information content (AvgIpc) is 2.30. The quantitative estimate of drug-likeness (QED) is 0.607. The lowest BCUT2D eigenvalue weighted by Crippen LogP contribution is -2.70. The molecule has 0 aliphatic heterocycles. The predicted octanol–water partition coefficient (Wildman–Crippen LogP) is 1.09. The maximum absolute atomic E-state index is 5.77. The lowest BCUT2D eigenvalue weighted by atomic mass is 10.9. The lowest BCUT2D eigenvalue weighted by molar-refractivity contribution is 0.110. The van der Waals surface area contributed by atoms with Crippen LogP contribution in [0.25, 0.3) is 0 Å². The molecule has 0 saturated carbocycles. The molecule has 0 aromatic carbocycles. The normalized spacial score (nSPS) is 16.4. The first-order valence-corrected chi connectivity index (χ1v) is 9.71. The second-order valence-electron chi connectivity index (χ2n) is 2.91. The van der Waals surface area contributed by atoms with Gasteiger partial charge in [-0.3, -0.25) is 0 Å². The van der Waals surface area contributed by atoms with E-state index in [2.05, 4.69) is 0 Å². The molecule has 5 nitrogen and oxygen atoms in total. The van der Waals surface area contributed by atoms with E-state index >= 15 is 0 Å². The predicted molar refractivity (Wildman–Crippen MR) is 61.7 cm³/mol. The zero-order chi connectivity index (χ0) is 11.9. The molecule has 0 radical (unpaired) electrons. The first kappa shape index (κ1) is 15.2. The van der Waals surface area contributed by atoms with Gasteiger partial charge in [-0.25, -0.2) is 0 Å². The topological polar surface area (TPSA) is 46.2 Å². The number of hydrogen-bond acceptors (Lipinski definition) is 5. The van der Waals surface area contributed by atoms with Crippen LogP contribution in [0.3, 0.4) is 0 Å². The maximum Gasteiger partial charge on any atom is 0.538 e. The molecule has 1 unspecified atom stereocenters. The van der Waals surface area contributed by atoms with E-state index in [0.717, 1.165) is 6.04 Å². The molecule has 0 aromatic rings. The fraction of sp³-hybridized carbons (Fsp3) is 1.00. The zero-order valence-corrected chi connectivity index (χ0v) is 12.5. The minimum atomic E-state index is -2.82. The Bertz CT molecular complexity index is 162. The van der Waals surface area contributed by atoms with Gasteiger partial charge in [-0.1, -0.05) is 6.92 Å². The summed E-state index contributed by atoms with van der Waals surface area (Å²) >= 11 is 0. The summed E-state index contributed by atoms with van der Waals surface area (Å²) in [5.41, 5.74) is 0. The van der Waals surface area contributed by atoms with Gasteiger partial charge in [-0.2, -0.15) is 0 Å². The molecular formula is C8H22O5Si2. The van der Waals surface area contributed by atoms with Gasteiger partial charge in [0.15, 0.2) is 0 Å². The van der Waals surface area contributed by atoms with Crippen molar-refractivity contribution < 1.29 is 22.1 Å². The highest BCUT2D eigenvalue weighted by Gasteiger charge is 2.65. The fourth-order valence-corrected chi connectivity index (χ4v) is 10.9. The summed E-state index contributed by atoms with van der Waals surface area (Å²) in [6.07, 6.45) is 0. The Morgan fingerprint density at radius 3 is 1.47 bits per heavy atom. The van der Waals surface area contributed by atoms with Gasteiger partial charge < -0.3 is 22.1 Å². The molecule has 0 aliphatic carbocycles. The second-order valence-corrected chi connectivity index (χ2v) is 12.3. The summed E-state index contributed by atoms with van der Waals surface area (Å²) in [4.78, 5) is 0. The van der Waals surface area contributed by atoms with Crippen LogP contribution in [0, 0.1) is 0 Å². The van der Waals surface area contributed by atoms with Gasteiger partial charge in [-0.15, -0.1) is 0 Å². The first-order chi connectivity index (χ1) is 7.11. The van der Waals surface area contributed by atoms with E-state index in [4.69, 9.17) is 22.1 Å². The van der Waals surface area contributed by atoms with Gasteiger partial charge in [0.25, 0.3) is 0 Å². The Labute approximate surface area is 94.0 Å². The van der Waals surface area contributed by atoms with Crippen molar-refractivity contribution in [2.45, 2.75) is 19.9 Å². The third-order valence-corrected chi connectivity index (χ3v) is 14.1. The van der Waals surface area contributed by atoms with Gasteiger partial charge in [-0.05, 0) is 13.0 Å². The Balaban J connectivity index is 5.13. The fourth-order valence-electron chi connectivity index (χ4n) is 1.68. The van der Waals surface area contributed by atoms with Crippen LogP contribution < -0.4 is 0 Å². The average molecular weight is 254 g/mol. The molecule has 0 amide bonds. The van der Waals surface area contributed by atoms with Crippen LogP contribution in [0.4, 0.5) is 0 Å². The van der Waals surface area contributed by atoms with Gasteiger partial charge in [0.05, 0.1) is 0 Å². The summed E-state index contributed by atoms with van der Waals surface area (Å²) in [7, 11) is 0.989. The van der Waals surface area contributed by atoms with Crippen molar-refractivity contribution in [2.75, 3.05) is 35.0 Å². The van der Waals surface area contributed by atoms with Crippen molar-refractivity contribution in [3.63, 3.8) is 0 Å². The molecule has 92 valence electrons. The molecular weight excluding hydrogens is 232 g/mol. The number of rotatable bonds is 8. The van der Waals surface area contributed by atoms with Crippen molar-refractivity contribution in [1.29, 1.82) is 0 Å². The minimum absolute atomic E-state index is 0.568. The molecule has 1 atom stereocenters. The Hall–Kier alpha value is 0.234. The van der Waals surface area contributed by atoms with Crippen LogP contribution in [0.15, 0.2) is 0 Å². The molecule has 0 fully saturated rings. The standard InChI is InChI=1S/C8H22O5Si2/c1-7-13-14(8-2,9-3)15(10-4,11-5)12-6/h7-8H2,1-6H3. The van der Waals surface area contributed by atoms with E-state index in [-0.39, 0.29) is 0 Å². The summed E-state index contributed by atoms with van der Waals surface area (Å²) in [5.74, 6) is 0. The molecule has 0 spiro atoms.